The summed E-state index contributed by atoms with van der Waals surface area (Å²) >= 11 is 0. The average Bonchev–Trinajstić information content (AvgIpc) is 1.82. The molecule has 1 saturated heterocycles. The lowest BCUT2D eigenvalue weighted by Gasteiger charge is -2.13. The van der Waals surface area contributed by atoms with E-state index < -0.39 is 0 Å². The summed E-state index contributed by atoms with van der Waals surface area (Å²) in [6, 6.07) is 0.741. The fraction of sp³-hybridized carbons (Fsp3) is 1.00. The molecule has 0 aliphatic carbocycles. The molecule has 0 radical (unpaired) electrons. The van der Waals surface area contributed by atoms with Crippen molar-refractivity contribution in [2.75, 3.05) is 6.54 Å². The molecule has 8 heavy (non-hydrogen) atoms. The molecule has 0 aromatic heterocycles. The van der Waals surface area contributed by atoms with Crippen LogP contribution in [0.4, 0.5) is 0 Å². The first-order valence-electron chi connectivity index (χ1n) is 3.33. The Morgan fingerprint density at radius 2 is 2.25 bits per heavy atom. The molecule has 0 aromatic carbocycles. The van der Waals surface area contributed by atoms with Gasteiger partial charge in [0.25, 0.3) is 0 Å². The second-order valence-electron chi connectivity index (χ2n) is 3.65. The molecule has 1 nitrogen and oxygen atoms in total. The van der Waals surface area contributed by atoms with Gasteiger partial charge in [-0.25, -0.2) is 0 Å². The van der Waals surface area contributed by atoms with Crippen LogP contribution < -0.4 is 5.32 Å². The number of hydrogen-bond acceptors (Lipinski definition) is 1. The van der Waals surface area contributed by atoms with Crippen LogP contribution in [0.15, 0.2) is 0 Å². The van der Waals surface area contributed by atoms with Gasteiger partial charge in [0.15, 0.2) is 0 Å². The van der Waals surface area contributed by atoms with E-state index >= 15 is 0 Å². The summed E-state index contributed by atoms with van der Waals surface area (Å²) < 4.78 is 0. The van der Waals surface area contributed by atoms with Gasteiger partial charge in [-0.05, 0) is 18.8 Å². The molecule has 1 aliphatic rings. The average molecular weight is 115 g/mol. The number of hydrogen-bond donors (Lipinski definition) is 1. The Morgan fingerprint density at radius 1 is 1.62 bits per heavy atom. The number of rotatable bonds is 0. The summed E-state index contributed by atoms with van der Waals surface area (Å²) in [4.78, 5) is 0. The van der Waals surface area contributed by atoms with E-state index in [1.54, 1.807) is 0 Å². The predicted molar refractivity (Wildman–Crippen MR) is 38.0 cm³/mol. The van der Waals surface area contributed by atoms with Crippen LogP contribution in [-0.4, -0.2) is 12.6 Å². The van der Waals surface area contributed by atoms with E-state index in [0.717, 1.165) is 6.04 Å². The summed E-state index contributed by atoms with van der Waals surface area (Å²) in [5.41, 5.74) is 0.555. The normalized spacial score (nSPS) is 35.6. The SMILES string of the molecule is C[C@H]1CC(C)(C)CN1.[HH]. The van der Waals surface area contributed by atoms with Gasteiger partial charge in [-0.3, -0.25) is 0 Å². The van der Waals surface area contributed by atoms with Crippen LogP contribution in [0, 0.1) is 5.41 Å². The molecule has 50 valence electrons. The van der Waals surface area contributed by atoms with Gasteiger partial charge in [0.1, 0.15) is 0 Å². The molecule has 0 unspecified atom stereocenters. The van der Waals surface area contributed by atoms with Gasteiger partial charge < -0.3 is 5.32 Å². The molecular weight excluding hydrogens is 98.1 g/mol. The first-order chi connectivity index (χ1) is 3.60. The summed E-state index contributed by atoms with van der Waals surface area (Å²) in [7, 11) is 0. The van der Waals surface area contributed by atoms with Crippen LogP contribution in [0.1, 0.15) is 28.6 Å². The van der Waals surface area contributed by atoms with Gasteiger partial charge in [0.2, 0.25) is 0 Å². The minimum Gasteiger partial charge on any atom is -0.314 e. The summed E-state index contributed by atoms with van der Waals surface area (Å²) in [6.45, 7) is 8.05. The topological polar surface area (TPSA) is 12.0 Å². The smallest absolute Gasteiger partial charge is 0.00445 e. The molecule has 0 bridgehead atoms. The van der Waals surface area contributed by atoms with Crippen LogP contribution in [0.3, 0.4) is 0 Å². The van der Waals surface area contributed by atoms with Crippen molar-refractivity contribution in [1.29, 1.82) is 0 Å². The van der Waals surface area contributed by atoms with Crippen molar-refractivity contribution in [3.63, 3.8) is 0 Å². The fourth-order valence-electron chi connectivity index (χ4n) is 1.42. The minimum absolute atomic E-state index is 0. The Labute approximate surface area is 53.0 Å². The molecule has 0 saturated carbocycles. The van der Waals surface area contributed by atoms with Gasteiger partial charge in [-0.2, -0.15) is 0 Å². The fourth-order valence-corrected chi connectivity index (χ4v) is 1.42. The maximum absolute atomic E-state index is 3.41. The van der Waals surface area contributed by atoms with Crippen LogP contribution in [0.25, 0.3) is 0 Å². The van der Waals surface area contributed by atoms with E-state index in [2.05, 4.69) is 26.1 Å². The van der Waals surface area contributed by atoms with E-state index in [4.69, 9.17) is 0 Å². The third-order valence-corrected chi connectivity index (χ3v) is 1.79. The highest BCUT2D eigenvalue weighted by Gasteiger charge is 2.27. The van der Waals surface area contributed by atoms with Crippen molar-refractivity contribution in [1.82, 2.24) is 5.32 Å². The lowest BCUT2D eigenvalue weighted by molar-refractivity contribution is 0.405. The highest BCUT2D eigenvalue weighted by atomic mass is 15.0. The van der Waals surface area contributed by atoms with Crippen LogP contribution >= 0.6 is 0 Å². The lowest BCUT2D eigenvalue weighted by atomic mass is 9.91. The van der Waals surface area contributed by atoms with Gasteiger partial charge in [0, 0.05) is 14.0 Å². The van der Waals surface area contributed by atoms with Crippen LogP contribution in [0.5, 0.6) is 0 Å². The highest BCUT2D eigenvalue weighted by Crippen LogP contribution is 2.26. The summed E-state index contributed by atoms with van der Waals surface area (Å²) in [5.74, 6) is 0. The van der Waals surface area contributed by atoms with Crippen molar-refractivity contribution >= 4 is 0 Å². The second-order valence-corrected chi connectivity index (χ2v) is 3.65. The molecule has 1 N–H and O–H groups in total. The molecule has 1 rings (SSSR count). The molecular formula is C7H17N. The van der Waals surface area contributed by atoms with E-state index in [-0.39, 0.29) is 1.43 Å². The Hall–Kier alpha value is -0.0400. The van der Waals surface area contributed by atoms with E-state index in [1.807, 2.05) is 0 Å². The Balaban J connectivity index is 0.000000640. The number of nitrogens with one attached hydrogen (secondary N) is 1. The van der Waals surface area contributed by atoms with Crippen LogP contribution in [0.2, 0.25) is 0 Å². The maximum atomic E-state index is 3.41. The van der Waals surface area contributed by atoms with Gasteiger partial charge >= 0.3 is 0 Å². The quantitative estimate of drug-likeness (QED) is 0.506. The zero-order valence-corrected chi connectivity index (χ0v) is 5.99. The molecule has 1 atom stereocenters. The third-order valence-electron chi connectivity index (χ3n) is 1.79. The first-order valence-corrected chi connectivity index (χ1v) is 3.33. The largest absolute Gasteiger partial charge is 0.314 e. The molecule has 0 amide bonds. The molecule has 1 aliphatic heterocycles. The molecule has 0 spiro atoms. The third kappa shape index (κ3) is 1.22. The van der Waals surface area contributed by atoms with Crippen molar-refractivity contribution in [3.05, 3.63) is 0 Å². The molecule has 1 fully saturated rings. The molecule has 0 aromatic rings. The zero-order valence-electron chi connectivity index (χ0n) is 5.99. The second kappa shape index (κ2) is 1.73. The van der Waals surface area contributed by atoms with Crippen molar-refractivity contribution in [3.8, 4) is 0 Å². The summed E-state index contributed by atoms with van der Waals surface area (Å²) in [5, 5.41) is 3.41. The summed E-state index contributed by atoms with van der Waals surface area (Å²) in [6.07, 6.45) is 1.33. The molecule has 1 heteroatoms. The van der Waals surface area contributed by atoms with E-state index in [1.165, 1.54) is 13.0 Å². The first kappa shape index (κ1) is 6.09. The van der Waals surface area contributed by atoms with Crippen molar-refractivity contribution in [2.45, 2.75) is 33.2 Å². The zero-order chi connectivity index (χ0) is 6.20. The van der Waals surface area contributed by atoms with Gasteiger partial charge in [0.05, 0.1) is 0 Å². The van der Waals surface area contributed by atoms with Crippen molar-refractivity contribution < 1.29 is 1.43 Å². The van der Waals surface area contributed by atoms with E-state index in [9.17, 15) is 0 Å². The monoisotopic (exact) mass is 115 g/mol. The lowest BCUT2D eigenvalue weighted by Crippen LogP contribution is -2.18. The Kier molecular flexibility index (Phi) is 1.31. The van der Waals surface area contributed by atoms with Gasteiger partial charge in [-0.1, -0.05) is 13.8 Å². The Morgan fingerprint density at radius 3 is 2.38 bits per heavy atom. The van der Waals surface area contributed by atoms with E-state index in [0.29, 0.717) is 5.41 Å². The minimum atomic E-state index is 0. The molecule has 1 heterocycles. The van der Waals surface area contributed by atoms with Crippen LogP contribution in [-0.2, 0) is 0 Å². The maximum Gasteiger partial charge on any atom is 0.00445 e. The van der Waals surface area contributed by atoms with Gasteiger partial charge in [-0.15, -0.1) is 0 Å². The van der Waals surface area contributed by atoms with Crippen molar-refractivity contribution in [2.24, 2.45) is 5.41 Å². The predicted octanol–water partition coefficient (Wildman–Crippen LogP) is 1.64. The highest BCUT2D eigenvalue weighted by molar-refractivity contribution is 4.84. The standard InChI is InChI=1S/C7H15N.H2/c1-6-4-7(2,3)5-8-6;/h6,8H,4-5H2,1-3H3;1H/t6-;/m0./s1. The Bertz CT molecular complexity index is 90.9.